The van der Waals surface area contributed by atoms with Gasteiger partial charge in [-0.3, -0.25) is 14.8 Å². The maximum Gasteiger partial charge on any atom is 0.236 e. The Labute approximate surface area is 132 Å². The molecule has 1 unspecified atom stereocenters. The molecular formula is C16H27N5O. The predicted octanol–water partition coefficient (Wildman–Crippen LogP) is 1.10. The van der Waals surface area contributed by atoms with Crippen LogP contribution in [0.5, 0.6) is 0 Å². The van der Waals surface area contributed by atoms with Gasteiger partial charge in [-0.2, -0.15) is 5.10 Å². The van der Waals surface area contributed by atoms with Gasteiger partial charge in [-0.25, -0.2) is 0 Å². The number of piperidine rings is 1. The summed E-state index contributed by atoms with van der Waals surface area (Å²) in [6.07, 6.45) is 2.41. The Morgan fingerprint density at radius 1 is 1.32 bits per heavy atom. The second-order valence-electron chi connectivity index (χ2n) is 6.76. The smallest absolute Gasteiger partial charge is 0.236 e. The van der Waals surface area contributed by atoms with Crippen LogP contribution in [-0.2, 0) is 4.79 Å². The van der Waals surface area contributed by atoms with Crippen LogP contribution in [0.4, 0.5) is 5.82 Å². The van der Waals surface area contributed by atoms with Crippen molar-refractivity contribution in [1.29, 1.82) is 0 Å². The number of anilines is 1. The molecule has 122 valence electrons. The maximum absolute atomic E-state index is 12.4. The number of hydrogen-bond acceptors (Lipinski definition) is 4. The van der Waals surface area contributed by atoms with Crippen LogP contribution in [0.1, 0.15) is 25.5 Å². The average Bonchev–Trinajstić information content (AvgIpc) is 2.94. The quantitative estimate of drug-likeness (QED) is 0.908. The van der Waals surface area contributed by atoms with Gasteiger partial charge < -0.3 is 9.80 Å². The van der Waals surface area contributed by atoms with Gasteiger partial charge in [-0.05, 0) is 25.7 Å². The van der Waals surface area contributed by atoms with Crippen LogP contribution in [0.15, 0.2) is 6.07 Å². The highest BCUT2D eigenvalue weighted by Gasteiger charge is 2.25. The van der Waals surface area contributed by atoms with Crippen molar-refractivity contribution in [2.45, 2.75) is 26.7 Å². The van der Waals surface area contributed by atoms with E-state index in [0.717, 1.165) is 57.2 Å². The van der Waals surface area contributed by atoms with Gasteiger partial charge >= 0.3 is 0 Å². The number of carbonyl (C=O) groups is 1. The fourth-order valence-electron chi connectivity index (χ4n) is 3.41. The van der Waals surface area contributed by atoms with E-state index < -0.39 is 0 Å². The molecule has 6 heteroatoms. The molecule has 2 saturated heterocycles. The number of rotatable bonds is 3. The minimum atomic E-state index is 0.301. The fourth-order valence-corrected chi connectivity index (χ4v) is 3.41. The maximum atomic E-state index is 12.4. The molecule has 1 aromatic rings. The first-order chi connectivity index (χ1) is 10.6. The van der Waals surface area contributed by atoms with Gasteiger partial charge in [0, 0.05) is 51.0 Å². The number of piperazine rings is 1. The van der Waals surface area contributed by atoms with Crippen molar-refractivity contribution in [2.75, 3.05) is 50.7 Å². The van der Waals surface area contributed by atoms with Crippen LogP contribution >= 0.6 is 0 Å². The van der Waals surface area contributed by atoms with E-state index in [0.29, 0.717) is 18.4 Å². The minimum absolute atomic E-state index is 0.301. The number of H-pyrrole nitrogens is 1. The number of nitrogens with zero attached hydrogens (tertiary/aromatic N) is 4. The molecule has 0 aromatic carbocycles. The van der Waals surface area contributed by atoms with Gasteiger partial charge in [-0.15, -0.1) is 0 Å². The van der Waals surface area contributed by atoms with Crippen LogP contribution in [0.3, 0.4) is 0 Å². The summed E-state index contributed by atoms with van der Waals surface area (Å²) in [4.78, 5) is 19.0. The molecule has 3 heterocycles. The van der Waals surface area contributed by atoms with Crippen molar-refractivity contribution >= 4 is 11.7 Å². The number of nitrogens with one attached hydrogen (secondary N) is 1. The Hall–Kier alpha value is -1.56. The third-order valence-electron chi connectivity index (χ3n) is 4.76. The summed E-state index contributed by atoms with van der Waals surface area (Å²) in [5.74, 6) is 1.97. The van der Waals surface area contributed by atoms with Gasteiger partial charge in [0.05, 0.1) is 6.54 Å². The van der Waals surface area contributed by atoms with E-state index in [4.69, 9.17) is 0 Å². The predicted molar refractivity (Wildman–Crippen MR) is 87.0 cm³/mol. The third-order valence-corrected chi connectivity index (χ3v) is 4.76. The molecule has 6 nitrogen and oxygen atoms in total. The van der Waals surface area contributed by atoms with Crippen molar-refractivity contribution < 1.29 is 4.79 Å². The SMILES string of the molecule is Cc1cc(N2CCN(CC(=O)N3CCCC(C)C3)CC2)n[nH]1. The molecular weight excluding hydrogens is 278 g/mol. The summed E-state index contributed by atoms with van der Waals surface area (Å²) >= 11 is 0. The molecule has 2 fully saturated rings. The summed E-state index contributed by atoms with van der Waals surface area (Å²) in [7, 11) is 0. The number of aryl methyl sites for hydroxylation is 1. The molecule has 0 radical (unpaired) electrons. The number of aromatic amines is 1. The lowest BCUT2D eigenvalue weighted by Crippen LogP contribution is -2.51. The first-order valence-electron chi connectivity index (χ1n) is 8.39. The number of likely N-dealkylation sites (tertiary alicyclic amines) is 1. The van der Waals surface area contributed by atoms with Crippen molar-refractivity contribution in [1.82, 2.24) is 20.0 Å². The van der Waals surface area contributed by atoms with E-state index >= 15 is 0 Å². The molecule has 0 saturated carbocycles. The second-order valence-corrected chi connectivity index (χ2v) is 6.76. The van der Waals surface area contributed by atoms with E-state index in [1.807, 2.05) is 6.92 Å². The zero-order valence-electron chi connectivity index (χ0n) is 13.7. The van der Waals surface area contributed by atoms with Crippen LogP contribution < -0.4 is 4.90 Å². The molecule has 22 heavy (non-hydrogen) atoms. The van der Waals surface area contributed by atoms with E-state index in [-0.39, 0.29) is 0 Å². The zero-order valence-corrected chi connectivity index (χ0v) is 13.7. The lowest BCUT2D eigenvalue weighted by Gasteiger charge is -2.37. The molecule has 0 bridgehead atoms. The Kier molecular flexibility index (Phi) is 4.66. The van der Waals surface area contributed by atoms with Gasteiger partial charge in [0.25, 0.3) is 0 Å². The molecule has 2 aliphatic rings. The van der Waals surface area contributed by atoms with Crippen molar-refractivity contribution in [3.05, 3.63) is 11.8 Å². The summed E-state index contributed by atoms with van der Waals surface area (Å²) in [6, 6.07) is 2.08. The normalized spacial score (nSPS) is 23.8. The first-order valence-corrected chi connectivity index (χ1v) is 8.39. The van der Waals surface area contributed by atoms with Gasteiger partial charge in [0.1, 0.15) is 0 Å². The highest BCUT2D eigenvalue weighted by atomic mass is 16.2. The number of amides is 1. The summed E-state index contributed by atoms with van der Waals surface area (Å²) in [6.45, 7) is 10.4. The molecule has 1 N–H and O–H groups in total. The Bertz CT molecular complexity index is 506. The Balaban J connectivity index is 1.46. The molecule has 1 atom stereocenters. The van der Waals surface area contributed by atoms with Crippen LogP contribution in [0, 0.1) is 12.8 Å². The fraction of sp³-hybridized carbons (Fsp3) is 0.750. The number of aromatic nitrogens is 2. The van der Waals surface area contributed by atoms with Gasteiger partial charge in [0.15, 0.2) is 5.82 Å². The monoisotopic (exact) mass is 305 g/mol. The standard InChI is InChI=1S/C16H27N5O/c1-13-4-3-5-21(11-13)16(22)12-19-6-8-20(9-7-19)15-10-14(2)17-18-15/h10,13H,3-9,11-12H2,1-2H3,(H,17,18). The van der Waals surface area contributed by atoms with Gasteiger partial charge in [0.2, 0.25) is 5.91 Å². The molecule has 0 spiro atoms. The summed E-state index contributed by atoms with van der Waals surface area (Å²) in [5.41, 5.74) is 1.09. The molecule has 1 amide bonds. The van der Waals surface area contributed by atoms with E-state index in [9.17, 15) is 4.79 Å². The molecule has 1 aromatic heterocycles. The third kappa shape index (κ3) is 3.61. The zero-order chi connectivity index (χ0) is 15.5. The highest BCUT2D eigenvalue weighted by molar-refractivity contribution is 5.78. The van der Waals surface area contributed by atoms with Crippen LogP contribution in [0.25, 0.3) is 0 Å². The largest absolute Gasteiger partial charge is 0.353 e. The minimum Gasteiger partial charge on any atom is -0.353 e. The van der Waals surface area contributed by atoms with E-state index in [1.54, 1.807) is 0 Å². The summed E-state index contributed by atoms with van der Waals surface area (Å²) in [5, 5.41) is 7.30. The second kappa shape index (κ2) is 6.69. The van der Waals surface area contributed by atoms with Gasteiger partial charge in [-0.1, -0.05) is 6.92 Å². The van der Waals surface area contributed by atoms with Crippen molar-refractivity contribution in [2.24, 2.45) is 5.92 Å². The van der Waals surface area contributed by atoms with E-state index in [2.05, 4.69) is 37.9 Å². The summed E-state index contributed by atoms with van der Waals surface area (Å²) < 4.78 is 0. The Morgan fingerprint density at radius 2 is 2.09 bits per heavy atom. The topological polar surface area (TPSA) is 55.5 Å². The number of carbonyl (C=O) groups excluding carboxylic acids is 1. The van der Waals surface area contributed by atoms with E-state index in [1.165, 1.54) is 6.42 Å². The number of hydrogen-bond donors (Lipinski definition) is 1. The molecule has 0 aliphatic carbocycles. The highest BCUT2D eigenvalue weighted by Crippen LogP contribution is 2.17. The first kappa shape index (κ1) is 15.3. The molecule has 3 rings (SSSR count). The molecule has 2 aliphatic heterocycles. The lowest BCUT2D eigenvalue weighted by atomic mass is 10.0. The van der Waals surface area contributed by atoms with Crippen molar-refractivity contribution in [3.63, 3.8) is 0 Å². The van der Waals surface area contributed by atoms with Crippen LogP contribution in [0.2, 0.25) is 0 Å². The average molecular weight is 305 g/mol. The van der Waals surface area contributed by atoms with Crippen LogP contribution in [-0.4, -0.2) is 71.7 Å². The lowest BCUT2D eigenvalue weighted by molar-refractivity contribution is -0.134. The van der Waals surface area contributed by atoms with Crippen molar-refractivity contribution in [3.8, 4) is 0 Å². The Morgan fingerprint density at radius 3 is 2.73 bits per heavy atom.